The molecular formula is C18H13N3O5S. The Kier molecular flexibility index (Phi) is 5.04. The monoisotopic (exact) mass is 383 g/mol. The van der Waals surface area contributed by atoms with Crippen molar-refractivity contribution in [3.05, 3.63) is 74.2 Å². The zero-order chi connectivity index (χ0) is 19.6. The first-order valence-corrected chi connectivity index (χ1v) is 8.53. The number of aliphatic imine (C=N–C) groups is 1. The maximum atomic E-state index is 12.1. The van der Waals surface area contributed by atoms with E-state index >= 15 is 0 Å². The lowest BCUT2D eigenvalue weighted by atomic mass is 10.1. The largest absolute Gasteiger partial charge is 0.478 e. The van der Waals surface area contributed by atoms with Gasteiger partial charge in [0.15, 0.2) is 5.17 Å². The van der Waals surface area contributed by atoms with Crippen LogP contribution in [0.5, 0.6) is 0 Å². The highest BCUT2D eigenvalue weighted by Crippen LogP contribution is 2.30. The number of aromatic carboxylic acids is 1. The zero-order valence-corrected chi connectivity index (χ0v) is 14.8. The van der Waals surface area contributed by atoms with Crippen LogP contribution in [0.3, 0.4) is 0 Å². The van der Waals surface area contributed by atoms with E-state index in [0.717, 1.165) is 17.3 Å². The molecule has 0 unspecified atom stereocenters. The molecule has 1 aliphatic rings. The Morgan fingerprint density at radius 2 is 2.07 bits per heavy atom. The minimum absolute atomic E-state index is 0.0669. The van der Waals surface area contributed by atoms with Crippen LogP contribution in [0.1, 0.15) is 21.5 Å². The Bertz CT molecular complexity index is 1030. The molecule has 3 rings (SSSR count). The summed E-state index contributed by atoms with van der Waals surface area (Å²) in [7, 11) is 0. The van der Waals surface area contributed by atoms with Gasteiger partial charge in [-0.2, -0.15) is 0 Å². The number of aryl methyl sites for hydroxylation is 1. The van der Waals surface area contributed by atoms with Gasteiger partial charge in [-0.1, -0.05) is 18.2 Å². The summed E-state index contributed by atoms with van der Waals surface area (Å²) < 4.78 is 0. The van der Waals surface area contributed by atoms with Crippen LogP contribution < -0.4 is 5.32 Å². The fraction of sp³-hybridized carbons (Fsp3) is 0.0556. The Hall–Kier alpha value is -3.46. The van der Waals surface area contributed by atoms with Crippen molar-refractivity contribution in [1.82, 2.24) is 5.32 Å². The summed E-state index contributed by atoms with van der Waals surface area (Å²) in [5.41, 5.74) is 1.75. The number of nitro groups is 1. The lowest BCUT2D eigenvalue weighted by Gasteiger charge is -2.03. The molecule has 1 saturated heterocycles. The van der Waals surface area contributed by atoms with Crippen LogP contribution in [0.25, 0.3) is 6.08 Å². The molecule has 0 atom stereocenters. The first-order valence-electron chi connectivity index (χ1n) is 7.71. The highest BCUT2D eigenvalue weighted by Gasteiger charge is 2.24. The highest BCUT2D eigenvalue weighted by atomic mass is 32.2. The summed E-state index contributed by atoms with van der Waals surface area (Å²) in [5, 5.41) is 22.9. The van der Waals surface area contributed by atoms with Gasteiger partial charge < -0.3 is 10.4 Å². The van der Waals surface area contributed by atoms with Crippen molar-refractivity contribution in [3.8, 4) is 0 Å². The van der Waals surface area contributed by atoms with Crippen molar-refractivity contribution in [1.29, 1.82) is 0 Å². The molecule has 1 heterocycles. The van der Waals surface area contributed by atoms with Gasteiger partial charge >= 0.3 is 5.97 Å². The quantitative estimate of drug-likeness (QED) is 0.473. The maximum absolute atomic E-state index is 12.1. The second kappa shape index (κ2) is 7.42. The van der Waals surface area contributed by atoms with Crippen LogP contribution in [-0.2, 0) is 4.79 Å². The Labute approximate surface area is 157 Å². The molecule has 0 bridgehead atoms. The number of hydrogen-bond donors (Lipinski definition) is 2. The van der Waals surface area contributed by atoms with Crippen molar-refractivity contribution in [2.45, 2.75) is 6.92 Å². The van der Waals surface area contributed by atoms with Crippen LogP contribution in [0.4, 0.5) is 11.4 Å². The third kappa shape index (κ3) is 4.21. The smallest absolute Gasteiger partial charge is 0.335 e. The summed E-state index contributed by atoms with van der Waals surface area (Å²) in [6, 6.07) is 10.5. The molecule has 0 radical (unpaired) electrons. The van der Waals surface area contributed by atoms with Crippen LogP contribution in [0.2, 0.25) is 0 Å². The Balaban J connectivity index is 1.88. The lowest BCUT2D eigenvalue weighted by molar-refractivity contribution is -0.384. The molecule has 0 aliphatic carbocycles. The summed E-state index contributed by atoms with van der Waals surface area (Å²) in [5.74, 6) is -1.44. The number of amides is 1. The van der Waals surface area contributed by atoms with E-state index < -0.39 is 10.9 Å². The van der Waals surface area contributed by atoms with E-state index in [2.05, 4.69) is 10.3 Å². The Morgan fingerprint density at radius 1 is 1.30 bits per heavy atom. The van der Waals surface area contributed by atoms with Gasteiger partial charge in [-0.05, 0) is 48.0 Å². The SMILES string of the molecule is Cc1ccc(C(=O)O)cc1N=C1NC(=O)C(=Cc2cccc([N+](=O)[O-])c2)S1. The van der Waals surface area contributed by atoms with Gasteiger partial charge in [0.05, 0.1) is 21.1 Å². The molecule has 0 saturated carbocycles. The fourth-order valence-electron chi connectivity index (χ4n) is 2.33. The van der Waals surface area contributed by atoms with Gasteiger partial charge in [0.1, 0.15) is 0 Å². The van der Waals surface area contributed by atoms with Crippen molar-refractivity contribution < 1.29 is 19.6 Å². The second-order valence-electron chi connectivity index (χ2n) is 5.64. The molecule has 1 aliphatic heterocycles. The minimum atomic E-state index is -1.06. The van der Waals surface area contributed by atoms with Crippen LogP contribution in [0, 0.1) is 17.0 Å². The second-order valence-corrected chi connectivity index (χ2v) is 6.67. The predicted molar refractivity (Wildman–Crippen MR) is 102 cm³/mol. The van der Waals surface area contributed by atoms with Gasteiger partial charge in [0.2, 0.25) is 0 Å². The van der Waals surface area contributed by atoms with Gasteiger partial charge in [-0.15, -0.1) is 0 Å². The summed E-state index contributed by atoms with van der Waals surface area (Å²) in [4.78, 5) is 38.3. The van der Waals surface area contributed by atoms with Crippen LogP contribution in [-0.4, -0.2) is 27.1 Å². The highest BCUT2D eigenvalue weighted by molar-refractivity contribution is 8.18. The molecule has 2 aromatic rings. The third-order valence-corrected chi connectivity index (χ3v) is 4.62. The van der Waals surface area contributed by atoms with Crippen molar-refractivity contribution in [2.24, 2.45) is 4.99 Å². The number of benzene rings is 2. The summed E-state index contributed by atoms with van der Waals surface area (Å²) in [6.07, 6.45) is 1.54. The first kappa shape index (κ1) is 18.3. The standard InChI is InChI=1S/C18H13N3O5S/c1-10-5-6-12(17(23)24)9-14(10)19-18-20-16(22)15(27-18)8-11-3-2-4-13(7-11)21(25)26/h2-9H,1H3,(H,23,24)(H,19,20,22). The lowest BCUT2D eigenvalue weighted by Crippen LogP contribution is -2.19. The average molecular weight is 383 g/mol. The summed E-state index contributed by atoms with van der Waals surface area (Å²) >= 11 is 1.08. The van der Waals surface area contributed by atoms with E-state index in [1.165, 1.54) is 36.4 Å². The number of carbonyl (C=O) groups is 2. The topological polar surface area (TPSA) is 122 Å². The minimum Gasteiger partial charge on any atom is -0.478 e. The molecule has 1 amide bonds. The number of nitro benzene ring substituents is 1. The van der Waals surface area contributed by atoms with Crippen molar-refractivity contribution in [2.75, 3.05) is 0 Å². The van der Waals surface area contributed by atoms with E-state index in [1.807, 2.05) is 0 Å². The number of thioether (sulfide) groups is 1. The third-order valence-electron chi connectivity index (χ3n) is 3.71. The van der Waals surface area contributed by atoms with E-state index in [0.29, 0.717) is 21.3 Å². The molecule has 2 N–H and O–H groups in total. The maximum Gasteiger partial charge on any atom is 0.335 e. The van der Waals surface area contributed by atoms with E-state index in [1.54, 1.807) is 19.1 Å². The molecule has 9 heteroatoms. The van der Waals surface area contributed by atoms with E-state index in [-0.39, 0.29) is 17.2 Å². The zero-order valence-electron chi connectivity index (χ0n) is 14.0. The molecule has 27 heavy (non-hydrogen) atoms. The number of rotatable bonds is 4. The average Bonchev–Trinajstić information content (AvgIpc) is 2.96. The Morgan fingerprint density at radius 3 is 2.78 bits per heavy atom. The van der Waals surface area contributed by atoms with Gasteiger partial charge in [0, 0.05) is 12.1 Å². The van der Waals surface area contributed by atoms with Gasteiger partial charge in [-0.3, -0.25) is 14.9 Å². The molecular weight excluding hydrogens is 370 g/mol. The molecule has 0 spiro atoms. The summed E-state index contributed by atoms with van der Waals surface area (Å²) in [6.45, 7) is 1.78. The van der Waals surface area contributed by atoms with Gasteiger partial charge in [0.25, 0.3) is 11.6 Å². The fourth-order valence-corrected chi connectivity index (χ4v) is 3.17. The normalized spacial score (nSPS) is 16.6. The number of hydrogen-bond acceptors (Lipinski definition) is 6. The van der Waals surface area contributed by atoms with E-state index in [4.69, 9.17) is 5.11 Å². The van der Waals surface area contributed by atoms with Crippen LogP contribution >= 0.6 is 11.8 Å². The van der Waals surface area contributed by atoms with Crippen LogP contribution in [0.15, 0.2) is 52.4 Å². The number of carboxylic acids is 1. The predicted octanol–water partition coefficient (Wildman–Crippen LogP) is 3.49. The number of carbonyl (C=O) groups excluding carboxylic acids is 1. The first-order chi connectivity index (χ1) is 12.8. The molecule has 2 aromatic carbocycles. The molecule has 8 nitrogen and oxygen atoms in total. The van der Waals surface area contributed by atoms with Crippen molar-refractivity contribution >= 4 is 46.3 Å². The van der Waals surface area contributed by atoms with E-state index in [9.17, 15) is 19.7 Å². The number of nitrogens with zero attached hydrogens (tertiary/aromatic N) is 2. The number of amidine groups is 1. The molecule has 136 valence electrons. The van der Waals surface area contributed by atoms with Crippen molar-refractivity contribution in [3.63, 3.8) is 0 Å². The number of non-ortho nitro benzene ring substituents is 1. The number of carboxylic acid groups (broad SMARTS) is 1. The molecule has 1 fully saturated rings. The molecule has 0 aromatic heterocycles. The number of nitrogens with one attached hydrogen (secondary N) is 1. The van der Waals surface area contributed by atoms with Gasteiger partial charge in [-0.25, -0.2) is 9.79 Å².